The van der Waals surface area contributed by atoms with Crippen molar-refractivity contribution >= 4 is 22.7 Å². The Hall–Kier alpha value is -4.82. The lowest BCUT2D eigenvalue weighted by Crippen LogP contribution is -2.15. The van der Waals surface area contributed by atoms with Crippen molar-refractivity contribution in [1.29, 1.82) is 0 Å². The van der Waals surface area contributed by atoms with Gasteiger partial charge in [-0.15, -0.1) is 0 Å². The number of benzene rings is 4. The summed E-state index contributed by atoms with van der Waals surface area (Å²) in [6.07, 6.45) is 9.43. The number of anilines is 4. The molecule has 0 aliphatic heterocycles. The molecule has 0 saturated heterocycles. The topological polar surface area (TPSA) is 6.48 Å². The fourth-order valence-electron chi connectivity index (χ4n) is 4.84. The number of rotatable bonds is 11. The Kier molecular flexibility index (Phi) is 9.96. The first-order valence-electron chi connectivity index (χ1n) is 14.2. The maximum absolute atomic E-state index is 4.08. The van der Waals surface area contributed by atoms with E-state index in [2.05, 4.69) is 165 Å². The third-order valence-electron chi connectivity index (χ3n) is 6.58. The van der Waals surface area contributed by atoms with E-state index in [4.69, 9.17) is 0 Å². The van der Waals surface area contributed by atoms with Crippen LogP contribution in [0, 0.1) is 0 Å². The van der Waals surface area contributed by atoms with Gasteiger partial charge in [0.05, 0.1) is 0 Å². The second-order valence-electron chi connectivity index (χ2n) is 10.3. The molecule has 4 aromatic carbocycles. The molecular weight excluding hydrogens is 496 g/mol. The molecular formula is C39H40N2. The van der Waals surface area contributed by atoms with Gasteiger partial charge in [-0.1, -0.05) is 98.0 Å². The van der Waals surface area contributed by atoms with Gasteiger partial charge in [0.25, 0.3) is 0 Å². The molecule has 41 heavy (non-hydrogen) atoms. The average molecular weight is 537 g/mol. The van der Waals surface area contributed by atoms with Crippen LogP contribution in [0.25, 0.3) is 11.1 Å². The predicted octanol–water partition coefficient (Wildman–Crippen LogP) is 11.5. The maximum Gasteiger partial charge on any atom is 0.0462 e. The molecule has 2 heteroatoms. The van der Waals surface area contributed by atoms with Gasteiger partial charge in [-0.3, -0.25) is 0 Å². The summed E-state index contributed by atoms with van der Waals surface area (Å²) in [4.78, 5) is 4.53. The minimum absolute atomic E-state index is 0.960. The number of nitrogens with zero attached hydrogens (tertiary/aromatic N) is 2. The second-order valence-corrected chi connectivity index (χ2v) is 10.3. The molecule has 0 N–H and O–H groups in total. The molecule has 0 fully saturated rings. The quantitative estimate of drug-likeness (QED) is 0.176. The maximum atomic E-state index is 4.08. The van der Waals surface area contributed by atoms with Crippen LogP contribution in [0.1, 0.15) is 34.1 Å². The molecule has 0 aliphatic carbocycles. The van der Waals surface area contributed by atoms with Crippen molar-refractivity contribution in [2.24, 2.45) is 0 Å². The Balaban J connectivity index is 1.69. The lowest BCUT2D eigenvalue weighted by molar-refractivity contribution is 1.13. The summed E-state index contributed by atoms with van der Waals surface area (Å²) in [6, 6.07) is 38.4. The molecule has 0 unspecified atom stereocenters. The zero-order chi connectivity index (χ0) is 29.2. The van der Waals surface area contributed by atoms with Crippen LogP contribution in [0.15, 0.2) is 169 Å². The highest BCUT2D eigenvalue weighted by molar-refractivity contribution is 5.76. The lowest BCUT2D eigenvalue weighted by Gasteiger charge is -2.27. The summed E-state index contributed by atoms with van der Waals surface area (Å²) < 4.78 is 0. The lowest BCUT2D eigenvalue weighted by atomic mass is 10.0. The number of hydrogen-bond donors (Lipinski definition) is 0. The van der Waals surface area contributed by atoms with Crippen LogP contribution in [0.3, 0.4) is 0 Å². The van der Waals surface area contributed by atoms with Crippen molar-refractivity contribution in [3.05, 3.63) is 169 Å². The van der Waals surface area contributed by atoms with Crippen molar-refractivity contribution in [3.63, 3.8) is 0 Å². The van der Waals surface area contributed by atoms with E-state index >= 15 is 0 Å². The number of allylic oxidation sites excluding steroid dienone is 6. The van der Waals surface area contributed by atoms with Crippen molar-refractivity contribution in [2.75, 3.05) is 9.80 Å². The molecule has 2 nitrogen and oxygen atoms in total. The SMILES string of the molecule is C=C/C(=C\C(=C)C)N(c1ccccc1)c1ccc(-c2ccc(N(/C(C=C(C)C)=C/CC)c3ccccc3)cc2)cc1. The summed E-state index contributed by atoms with van der Waals surface area (Å²) in [5.74, 6) is 0. The van der Waals surface area contributed by atoms with Crippen molar-refractivity contribution in [2.45, 2.75) is 34.1 Å². The number of hydrogen-bond acceptors (Lipinski definition) is 2. The summed E-state index contributed by atoms with van der Waals surface area (Å²) in [6.45, 7) is 16.6. The molecule has 0 saturated carbocycles. The van der Waals surface area contributed by atoms with Gasteiger partial charge in [-0.2, -0.15) is 0 Å². The van der Waals surface area contributed by atoms with Gasteiger partial charge in [0.2, 0.25) is 0 Å². The molecule has 0 heterocycles. The van der Waals surface area contributed by atoms with Crippen LogP contribution in [-0.4, -0.2) is 0 Å². The van der Waals surface area contributed by atoms with Crippen molar-refractivity contribution in [1.82, 2.24) is 0 Å². The Bertz CT molecular complexity index is 1530. The fraction of sp³-hybridized carbons (Fsp3) is 0.128. The van der Waals surface area contributed by atoms with E-state index in [1.54, 1.807) is 0 Å². The van der Waals surface area contributed by atoms with Gasteiger partial charge in [-0.25, -0.2) is 0 Å². The minimum atomic E-state index is 0.960. The zero-order valence-corrected chi connectivity index (χ0v) is 24.7. The zero-order valence-electron chi connectivity index (χ0n) is 24.7. The molecule has 0 radical (unpaired) electrons. The molecule has 206 valence electrons. The number of para-hydroxylation sites is 2. The third-order valence-corrected chi connectivity index (χ3v) is 6.58. The van der Waals surface area contributed by atoms with Gasteiger partial charge in [0.1, 0.15) is 0 Å². The van der Waals surface area contributed by atoms with Crippen LogP contribution in [0.4, 0.5) is 22.7 Å². The molecule has 0 spiro atoms. The van der Waals surface area contributed by atoms with E-state index in [1.165, 1.54) is 16.8 Å². The smallest absolute Gasteiger partial charge is 0.0462 e. The molecule has 0 amide bonds. The molecule has 4 rings (SSSR count). The normalized spacial score (nSPS) is 11.5. The van der Waals surface area contributed by atoms with Gasteiger partial charge < -0.3 is 9.80 Å². The predicted molar refractivity (Wildman–Crippen MR) is 180 cm³/mol. The van der Waals surface area contributed by atoms with E-state index in [-0.39, 0.29) is 0 Å². The second kappa shape index (κ2) is 14.0. The van der Waals surface area contributed by atoms with Crippen LogP contribution in [-0.2, 0) is 0 Å². The minimum Gasteiger partial charge on any atom is -0.311 e. The van der Waals surface area contributed by atoms with Crippen LogP contribution >= 0.6 is 0 Å². The molecule has 0 aliphatic rings. The largest absolute Gasteiger partial charge is 0.311 e. The van der Waals surface area contributed by atoms with Crippen LogP contribution in [0.5, 0.6) is 0 Å². The van der Waals surface area contributed by atoms with E-state index in [0.717, 1.165) is 46.0 Å². The first-order chi connectivity index (χ1) is 19.9. The van der Waals surface area contributed by atoms with E-state index in [9.17, 15) is 0 Å². The van der Waals surface area contributed by atoms with E-state index in [1.807, 2.05) is 19.1 Å². The van der Waals surface area contributed by atoms with E-state index in [0.29, 0.717) is 0 Å². The molecule has 0 atom stereocenters. The fourth-order valence-corrected chi connectivity index (χ4v) is 4.84. The van der Waals surface area contributed by atoms with E-state index < -0.39 is 0 Å². The highest BCUT2D eigenvalue weighted by Gasteiger charge is 2.15. The molecule has 0 bridgehead atoms. The summed E-state index contributed by atoms with van der Waals surface area (Å²) in [5.41, 5.74) is 11.1. The standard InChI is InChI=1S/C39H40N2/c1-7-15-39(29-31(5)6)41(36-18-13-10-14-19-36)38-26-22-33(23-27-38)32-20-24-37(25-21-32)40(34(8-2)28-30(3)4)35-16-11-9-12-17-35/h8-29H,2-3,7H2,1,4-6H3/b34-28+,39-15+. The van der Waals surface area contributed by atoms with Crippen molar-refractivity contribution in [3.8, 4) is 11.1 Å². The van der Waals surface area contributed by atoms with Crippen LogP contribution in [0.2, 0.25) is 0 Å². The average Bonchev–Trinajstić information content (AvgIpc) is 2.98. The summed E-state index contributed by atoms with van der Waals surface area (Å²) in [5, 5.41) is 0. The Morgan fingerprint density at radius 3 is 1.37 bits per heavy atom. The Labute approximate surface area is 246 Å². The highest BCUT2D eigenvalue weighted by Crippen LogP contribution is 2.35. The summed E-state index contributed by atoms with van der Waals surface area (Å²) in [7, 11) is 0. The molecule has 0 aromatic heterocycles. The van der Waals surface area contributed by atoms with Gasteiger partial charge in [-0.05, 0) is 105 Å². The first kappa shape index (κ1) is 29.2. The Morgan fingerprint density at radius 1 is 0.585 bits per heavy atom. The molecule has 4 aromatic rings. The third kappa shape index (κ3) is 7.43. The Morgan fingerprint density at radius 2 is 1.00 bits per heavy atom. The van der Waals surface area contributed by atoms with Gasteiger partial charge in [0.15, 0.2) is 0 Å². The summed E-state index contributed by atoms with van der Waals surface area (Å²) >= 11 is 0. The van der Waals surface area contributed by atoms with Crippen molar-refractivity contribution < 1.29 is 0 Å². The highest BCUT2D eigenvalue weighted by atomic mass is 15.2. The van der Waals surface area contributed by atoms with Gasteiger partial charge >= 0.3 is 0 Å². The van der Waals surface area contributed by atoms with Gasteiger partial charge in [0, 0.05) is 34.1 Å². The monoisotopic (exact) mass is 536 g/mol. The first-order valence-corrected chi connectivity index (χ1v) is 14.2. The van der Waals surface area contributed by atoms with Crippen LogP contribution < -0.4 is 9.80 Å².